The third-order valence-corrected chi connectivity index (χ3v) is 2.52. The summed E-state index contributed by atoms with van der Waals surface area (Å²) < 4.78 is 1.59. The SMILES string of the molecule is [O-][N+]1(n2cccc2)CCCCC1. The highest BCUT2D eigenvalue weighted by Gasteiger charge is 2.21. The lowest BCUT2D eigenvalue weighted by molar-refractivity contribution is 0.160. The molecule has 0 amide bonds. The summed E-state index contributed by atoms with van der Waals surface area (Å²) in [5.74, 6) is 0. The first-order valence-corrected chi connectivity index (χ1v) is 4.53. The van der Waals surface area contributed by atoms with Crippen molar-refractivity contribution in [3.05, 3.63) is 29.7 Å². The zero-order valence-electron chi connectivity index (χ0n) is 7.15. The smallest absolute Gasteiger partial charge is 0.101 e. The molecule has 1 fully saturated rings. The van der Waals surface area contributed by atoms with E-state index in [1.807, 2.05) is 24.5 Å². The van der Waals surface area contributed by atoms with E-state index in [1.54, 1.807) is 4.68 Å². The van der Waals surface area contributed by atoms with Crippen LogP contribution in [0.2, 0.25) is 0 Å². The molecule has 0 aromatic carbocycles. The Balaban J connectivity index is 2.19. The number of piperidine rings is 1. The van der Waals surface area contributed by atoms with Gasteiger partial charge in [-0.15, -0.1) is 0 Å². The van der Waals surface area contributed by atoms with E-state index in [-0.39, 0.29) is 4.76 Å². The summed E-state index contributed by atoms with van der Waals surface area (Å²) in [6.45, 7) is 1.46. The first-order valence-electron chi connectivity index (χ1n) is 4.53. The summed E-state index contributed by atoms with van der Waals surface area (Å²) >= 11 is 0. The van der Waals surface area contributed by atoms with Crippen molar-refractivity contribution >= 4 is 0 Å². The average molecular weight is 166 g/mol. The Hall–Kier alpha value is -0.800. The fraction of sp³-hybridized carbons (Fsp3) is 0.556. The Labute approximate surface area is 72.4 Å². The first-order chi connectivity index (χ1) is 5.81. The van der Waals surface area contributed by atoms with E-state index < -0.39 is 0 Å². The van der Waals surface area contributed by atoms with Gasteiger partial charge in [0.05, 0.1) is 12.4 Å². The molecule has 0 saturated carbocycles. The minimum atomic E-state index is -0.174. The highest BCUT2D eigenvalue weighted by molar-refractivity contribution is 4.97. The van der Waals surface area contributed by atoms with Gasteiger partial charge in [-0.2, -0.15) is 0 Å². The normalized spacial score (nSPS) is 22.4. The van der Waals surface area contributed by atoms with Crippen molar-refractivity contribution in [2.75, 3.05) is 13.1 Å². The zero-order valence-corrected chi connectivity index (χ0v) is 7.15. The second-order valence-corrected chi connectivity index (χ2v) is 3.42. The van der Waals surface area contributed by atoms with Crippen LogP contribution in [0.25, 0.3) is 0 Å². The highest BCUT2D eigenvalue weighted by atomic mass is 16.6. The van der Waals surface area contributed by atoms with Gasteiger partial charge in [0.25, 0.3) is 0 Å². The first kappa shape index (κ1) is 7.83. The second kappa shape index (κ2) is 2.92. The molecule has 1 aromatic heterocycles. The number of nitrogens with zero attached hydrogens (tertiary/aromatic N) is 2. The number of hydrogen-bond acceptors (Lipinski definition) is 1. The van der Waals surface area contributed by atoms with E-state index in [1.165, 1.54) is 6.42 Å². The monoisotopic (exact) mass is 166 g/mol. The highest BCUT2D eigenvalue weighted by Crippen LogP contribution is 2.15. The van der Waals surface area contributed by atoms with E-state index in [4.69, 9.17) is 0 Å². The molecule has 3 heteroatoms. The maximum atomic E-state index is 12.1. The molecule has 1 saturated heterocycles. The van der Waals surface area contributed by atoms with E-state index >= 15 is 0 Å². The van der Waals surface area contributed by atoms with E-state index in [0.717, 1.165) is 25.9 Å². The van der Waals surface area contributed by atoms with Gasteiger partial charge in [0.1, 0.15) is 13.1 Å². The molecule has 66 valence electrons. The van der Waals surface area contributed by atoms with Gasteiger partial charge in [0, 0.05) is 0 Å². The summed E-state index contributed by atoms with van der Waals surface area (Å²) in [7, 11) is 0. The largest absolute Gasteiger partial charge is 0.606 e. The van der Waals surface area contributed by atoms with Crippen LogP contribution in [-0.2, 0) is 0 Å². The Bertz CT molecular complexity index is 237. The number of aromatic nitrogens is 1. The predicted molar refractivity (Wildman–Crippen MR) is 48.9 cm³/mol. The van der Waals surface area contributed by atoms with Crippen LogP contribution in [0.15, 0.2) is 24.5 Å². The van der Waals surface area contributed by atoms with Crippen molar-refractivity contribution in [2.45, 2.75) is 19.3 Å². The molecule has 0 N–H and O–H groups in total. The maximum absolute atomic E-state index is 12.1. The molecule has 0 atom stereocenters. The number of rotatable bonds is 1. The molecule has 0 spiro atoms. The van der Waals surface area contributed by atoms with Crippen LogP contribution in [0.4, 0.5) is 0 Å². The molecule has 3 nitrogen and oxygen atoms in total. The Kier molecular flexibility index (Phi) is 1.90. The van der Waals surface area contributed by atoms with Crippen molar-refractivity contribution in [1.82, 2.24) is 9.43 Å². The Morgan fingerprint density at radius 3 is 2.17 bits per heavy atom. The molecular formula is C9H14N2O. The number of hydroxylamine groups is 2. The summed E-state index contributed by atoms with van der Waals surface area (Å²) in [5, 5.41) is 12.1. The topological polar surface area (TPSA) is 28.0 Å². The standard InChI is InChI=1S/C9H14N2O/c12-11(8-4-1-5-9-11)10-6-2-3-7-10/h2-3,6-7H,1,4-5,8-9H2. The van der Waals surface area contributed by atoms with E-state index in [0.29, 0.717) is 0 Å². The Morgan fingerprint density at radius 1 is 1.00 bits per heavy atom. The minimum Gasteiger partial charge on any atom is -0.606 e. The molecule has 0 radical (unpaired) electrons. The molecule has 1 aromatic rings. The molecule has 2 rings (SSSR count). The molecule has 0 aliphatic carbocycles. The van der Waals surface area contributed by atoms with Crippen LogP contribution in [0, 0.1) is 5.21 Å². The molecule has 0 unspecified atom stereocenters. The van der Waals surface area contributed by atoms with Crippen LogP contribution in [-0.4, -0.2) is 17.8 Å². The minimum absolute atomic E-state index is 0.174. The lowest BCUT2D eigenvalue weighted by atomic mass is 10.1. The van der Waals surface area contributed by atoms with Gasteiger partial charge in [0.15, 0.2) is 0 Å². The third kappa shape index (κ3) is 1.26. The molecule has 0 bridgehead atoms. The van der Waals surface area contributed by atoms with Crippen LogP contribution in [0.5, 0.6) is 0 Å². The predicted octanol–water partition coefficient (Wildman–Crippen LogP) is 1.61. The van der Waals surface area contributed by atoms with Crippen LogP contribution in [0.1, 0.15) is 19.3 Å². The van der Waals surface area contributed by atoms with E-state index in [2.05, 4.69) is 0 Å². The van der Waals surface area contributed by atoms with Gasteiger partial charge >= 0.3 is 0 Å². The third-order valence-electron chi connectivity index (χ3n) is 2.52. The molecule has 1 aliphatic heterocycles. The van der Waals surface area contributed by atoms with E-state index in [9.17, 15) is 5.21 Å². The summed E-state index contributed by atoms with van der Waals surface area (Å²) in [6.07, 6.45) is 7.05. The van der Waals surface area contributed by atoms with Crippen molar-refractivity contribution in [3.63, 3.8) is 0 Å². The summed E-state index contributed by atoms with van der Waals surface area (Å²) in [5.41, 5.74) is 0. The second-order valence-electron chi connectivity index (χ2n) is 3.42. The van der Waals surface area contributed by atoms with Gasteiger partial charge in [-0.3, -0.25) is 4.76 Å². The molecule has 12 heavy (non-hydrogen) atoms. The zero-order chi connectivity index (χ0) is 8.44. The Morgan fingerprint density at radius 2 is 1.58 bits per heavy atom. The van der Waals surface area contributed by atoms with Crippen molar-refractivity contribution in [3.8, 4) is 0 Å². The average Bonchev–Trinajstić information content (AvgIpc) is 2.58. The summed E-state index contributed by atoms with van der Waals surface area (Å²) in [6, 6.07) is 3.82. The van der Waals surface area contributed by atoms with Gasteiger partial charge in [-0.25, -0.2) is 4.68 Å². The van der Waals surface area contributed by atoms with Gasteiger partial charge in [-0.05, 0) is 31.4 Å². The quantitative estimate of drug-likeness (QED) is 0.460. The molecule has 1 aliphatic rings. The molecular weight excluding hydrogens is 152 g/mol. The maximum Gasteiger partial charge on any atom is 0.101 e. The lowest BCUT2D eigenvalue weighted by Gasteiger charge is -2.44. The van der Waals surface area contributed by atoms with Crippen LogP contribution >= 0.6 is 0 Å². The van der Waals surface area contributed by atoms with Crippen molar-refractivity contribution in [1.29, 1.82) is 0 Å². The molecule has 2 heterocycles. The van der Waals surface area contributed by atoms with Gasteiger partial charge < -0.3 is 5.21 Å². The fourth-order valence-corrected chi connectivity index (χ4v) is 1.81. The van der Waals surface area contributed by atoms with Crippen LogP contribution in [0.3, 0.4) is 0 Å². The van der Waals surface area contributed by atoms with Crippen LogP contribution < -0.4 is 4.76 Å². The summed E-state index contributed by atoms with van der Waals surface area (Å²) in [4.78, 5) is 0. The fourth-order valence-electron chi connectivity index (χ4n) is 1.81. The van der Waals surface area contributed by atoms with Crippen molar-refractivity contribution in [2.24, 2.45) is 0 Å². The van der Waals surface area contributed by atoms with Crippen molar-refractivity contribution < 1.29 is 0 Å². The van der Waals surface area contributed by atoms with Gasteiger partial charge in [-0.1, -0.05) is 0 Å². The van der Waals surface area contributed by atoms with Gasteiger partial charge in [0.2, 0.25) is 0 Å². The lowest BCUT2D eigenvalue weighted by Crippen LogP contribution is -2.55. The number of quaternary nitrogens is 1. The number of hydrogen-bond donors (Lipinski definition) is 0.